The van der Waals surface area contributed by atoms with Gasteiger partial charge in [0.2, 0.25) is 0 Å². The summed E-state index contributed by atoms with van der Waals surface area (Å²) in [5, 5.41) is 10.7. The molecule has 2 amide bonds. The van der Waals surface area contributed by atoms with Crippen molar-refractivity contribution >= 4 is 38.9 Å². The van der Waals surface area contributed by atoms with Crippen molar-refractivity contribution in [3.05, 3.63) is 53.4 Å². The van der Waals surface area contributed by atoms with Crippen LogP contribution in [0.5, 0.6) is 0 Å². The fourth-order valence-corrected chi connectivity index (χ4v) is 3.29. The van der Waals surface area contributed by atoms with Gasteiger partial charge in [0.25, 0.3) is 0 Å². The molecule has 3 aromatic heterocycles. The maximum absolute atomic E-state index is 12.0. The Morgan fingerprint density at radius 3 is 3.08 bits per heavy atom. The van der Waals surface area contributed by atoms with Gasteiger partial charge in [0, 0.05) is 6.07 Å². The Balaban J connectivity index is 1.41. The molecule has 8 heteroatoms. The molecular formula is C16H14N6OS. The van der Waals surface area contributed by atoms with Crippen LogP contribution in [-0.2, 0) is 6.54 Å². The molecule has 0 aliphatic carbocycles. The minimum absolute atomic E-state index is 0.306. The largest absolute Gasteiger partial charge is 0.331 e. The Hall–Kier alpha value is -3.00. The summed E-state index contributed by atoms with van der Waals surface area (Å²) in [4.78, 5) is 20.8. The summed E-state index contributed by atoms with van der Waals surface area (Å²) in [6.45, 7) is 2.27. The Labute approximate surface area is 141 Å². The van der Waals surface area contributed by atoms with Crippen LogP contribution in [0.25, 0.3) is 15.9 Å². The Morgan fingerprint density at radius 2 is 2.21 bits per heavy atom. The average Bonchev–Trinajstić information content (AvgIpc) is 3.14. The molecule has 0 spiro atoms. The predicted molar refractivity (Wildman–Crippen MR) is 93.2 cm³/mol. The highest BCUT2D eigenvalue weighted by Gasteiger charge is 2.07. The summed E-state index contributed by atoms with van der Waals surface area (Å²) >= 11 is 1.57. The first-order valence-corrected chi connectivity index (χ1v) is 8.20. The van der Waals surface area contributed by atoms with Crippen molar-refractivity contribution in [1.29, 1.82) is 0 Å². The summed E-state index contributed by atoms with van der Waals surface area (Å²) in [5.41, 5.74) is 3.14. The number of nitrogens with zero attached hydrogens (tertiary/aromatic N) is 4. The second-order valence-corrected chi connectivity index (χ2v) is 6.43. The lowest BCUT2D eigenvalue weighted by atomic mass is 10.3. The Kier molecular flexibility index (Phi) is 3.58. The van der Waals surface area contributed by atoms with Gasteiger partial charge < -0.3 is 10.6 Å². The third-order valence-corrected chi connectivity index (χ3v) is 4.47. The Morgan fingerprint density at radius 1 is 1.33 bits per heavy atom. The molecule has 0 saturated carbocycles. The number of thiazole rings is 1. The normalized spacial score (nSPS) is 11.0. The third kappa shape index (κ3) is 2.91. The number of para-hydroxylation sites is 1. The van der Waals surface area contributed by atoms with Gasteiger partial charge in [-0.3, -0.25) is 0 Å². The van der Waals surface area contributed by atoms with Crippen molar-refractivity contribution in [2.45, 2.75) is 13.5 Å². The van der Waals surface area contributed by atoms with Crippen LogP contribution in [0.2, 0.25) is 0 Å². The monoisotopic (exact) mass is 338 g/mol. The van der Waals surface area contributed by atoms with Gasteiger partial charge in [-0.2, -0.15) is 5.10 Å². The van der Waals surface area contributed by atoms with Crippen LogP contribution < -0.4 is 10.6 Å². The molecule has 4 aromatic rings. The molecule has 0 bridgehead atoms. The molecular weight excluding hydrogens is 324 g/mol. The minimum Gasteiger partial charge on any atom is -0.331 e. The average molecular weight is 338 g/mol. The molecule has 1 aromatic carbocycles. The SMILES string of the molecule is Cc1cc2ncc(NC(=O)NCc3nc4ccccc4s3)cn2n1. The van der Waals surface area contributed by atoms with E-state index in [2.05, 4.69) is 25.7 Å². The van der Waals surface area contributed by atoms with E-state index in [1.807, 2.05) is 37.3 Å². The molecule has 0 radical (unpaired) electrons. The summed E-state index contributed by atoms with van der Waals surface area (Å²) in [7, 11) is 0. The number of hydrogen-bond donors (Lipinski definition) is 2. The number of urea groups is 1. The first-order valence-electron chi connectivity index (χ1n) is 7.39. The molecule has 24 heavy (non-hydrogen) atoms. The fraction of sp³-hybridized carbons (Fsp3) is 0.125. The van der Waals surface area contributed by atoms with Crippen molar-refractivity contribution in [2.75, 3.05) is 5.32 Å². The number of benzene rings is 1. The zero-order valence-electron chi connectivity index (χ0n) is 12.9. The van der Waals surface area contributed by atoms with Gasteiger partial charge in [-0.1, -0.05) is 12.1 Å². The zero-order valence-corrected chi connectivity index (χ0v) is 13.7. The minimum atomic E-state index is -0.306. The Bertz CT molecular complexity index is 1000. The van der Waals surface area contributed by atoms with Crippen LogP contribution in [0, 0.1) is 6.92 Å². The molecule has 0 aliphatic rings. The third-order valence-electron chi connectivity index (χ3n) is 3.43. The fourth-order valence-electron chi connectivity index (χ4n) is 2.39. The van der Waals surface area contributed by atoms with Crippen LogP contribution in [0.4, 0.5) is 10.5 Å². The molecule has 0 saturated heterocycles. The number of amides is 2. The van der Waals surface area contributed by atoms with Gasteiger partial charge in [-0.25, -0.2) is 19.3 Å². The standard InChI is InChI=1S/C16H14N6OS/c1-10-6-14-17-7-11(9-22(14)21-10)19-16(23)18-8-15-20-12-4-2-3-5-13(12)24-15/h2-7,9H,8H2,1H3,(H2,18,19,23). The van der Waals surface area contributed by atoms with Crippen LogP contribution in [-0.4, -0.2) is 25.6 Å². The summed E-state index contributed by atoms with van der Waals surface area (Å²) in [5.74, 6) is 0. The van der Waals surface area contributed by atoms with Crippen LogP contribution in [0.15, 0.2) is 42.7 Å². The summed E-state index contributed by atoms with van der Waals surface area (Å²) in [6.07, 6.45) is 3.33. The lowest BCUT2D eigenvalue weighted by Gasteiger charge is -2.06. The highest BCUT2D eigenvalue weighted by Crippen LogP contribution is 2.21. The van der Waals surface area contributed by atoms with Gasteiger partial charge in [0.15, 0.2) is 5.65 Å². The van der Waals surface area contributed by atoms with Gasteiger partial charge in [0.05, 0.1) is 40.5 Å². The summed E-state index contributed by atoms with van der Waals surface area (Å²) < 4.78 is 2.75. The number of carbonyl (C=O) groups is 1. The van der Waals surface area contributed by atoms with E-state index in [0.717, 1.165) is 26.6 Å². The van der Waals surface area contributed by atoms with E-state index >= 15 is 0 Å². The molecule has 0 atom stereocenters. The smallest absolute Gasteiger partial charge is 0.319 e. The number of nitrogens with one attached hydrogen (secondary N) is 2. The van der Waals surface area contributed by atoms with E-state index in [9.17, 15) is 4.79 Å². The lowest BCUT2D eigenvalue weighted by Crippen LogP contribution is -2.28. The van der Waals surface area contributed by atoms with E-state index < -0.39 is 0 Å². The number of aryl methyl sites for hydroxylation is 1. The number of carbonyl (C=O) groups excluding carboxylic acids is 1. The lowest BCUT2D eigenvalue weighted by molar-refractivity contribution is 0.251. The van der Waals surface area contributed by atoms with Gasteiger partial charge in [-0.15, -0.1) is 11.3 Å². The van der Waals surface area contributed by atoms with Crippen molar-refractivity contribution < 1.29 is 4.79 Å². The molecule has 2 N–H and O–H groups in total. The van der Waals surface area contributed by atoms with Crippen LogP contribution in [0.3, 0.4) is 0 Å². The topological polar surface area (TPSA) is 84.2 Å². The van der Waals surface area contributed by atoms with Crippen molar-refractivity contribution in [3.63, 3.8) is 0 Å². The van der Waals surface area contributed by atoms with Crippen LogP contribution in [0.1, 0.15) is 10.7 Å². The number of rotatable bonds is 3. The molecule has 7 nitrogen and oxygen atoms in total. The van der Waals surface area contributed by atoms with Gasteiger partial charge in [0.1, 0.15) is 5.01 Å². The second kappa shape index (κ2) is 5.89. The number of fused-ring (bicyclic) bond motifs is 2. The summed E-state index contributed by atoms with van der Waals surface area (Å²) in [6, 6.07) is 9.47. The first-order chi connectivity index (χ1) is 11.7. The van der Waals surface area contributed by atoms with Crippen molar-refractivity contribution in [1.82, 2.24) is 24.9 Å². The molecule has 0 fully saturated rings. The zero-order chi connectivity index (χ0) is 16.5. The van der Waals surface area contributed by atoms with E-state index in [1.54, 1.807) is 28.2 Å². The highest BCUT2D eigenvalue weighted by molar-refractivity contribution is 7.18. The van der Waals surface area contributed by atoms with E-state index in [4.69, 9.17) is 0 Å². The molecule has 0 unspecified atom stereocenters. The maximum atomic E-state index is 12.0. The number of aromatic nitrogens is 4. The number of anilines is 1. The molecule has 120 valence electrons. The van der Waals surface area contributed by atoms with Gasteiger partial charge >= 0.3 is 6.03 Å². The van der Waals surface area contributed by atoms with Crippen molar-refractivity contribution in [2.24, 2.45) is 0 Å². The molecule has 4 rings (SSSR count). The maximum Gasteiger partial charge on any atom is 0.319 e. The number of hydrogen-bond acceptors (Lipinski definition) is 5. The predicted octanol–water partition coefficient (Wildman–Crippen LogP) is 2.97. The van der Waals surface area contributed by atoms with Crippen molar-refractivity contribution in [3.8, 4) is 0 Å². The van der Waals surface area contributed by atoms with E-state index in [0.29, 0.717) is 12.2 Å². The highest BCUT2D eigenvalue weighted by atomic mass is 32.1. The quantitative estimate of drug-likeness (QED) is 0.601. The van der Waals surface area contributed by atoms with Gasteiger partial charge in [-0.05, 0) is 19.1 Å². The molecule has 0 aliphatic heterocycles. The van der Waals surface area contributed by atoms with E-state index in [1.165, 1.54) is 0 Å². The van der Waals surface area contributed by atoms with Crippen LogP contribution >= 0.6 is 11.3 Å². The first kappa shape index (κ1) is 14.6. The van der Waals surface area contributed by atoms with E-state index in [-0.39, 0.29) is 6.03 Å². The molecule has 3 heterocycles. The second-order valence-electron chi connectivity index (χ2n) is 5.31.